The van der Waals surface area contributed by atoms with E-state index in [0.29, 0.717) is 28.6 Å². The van der Waals surface area contributed by atoms with Gasteiger partial charge in [0.15, 0.2) is 9.84 Å². The molecule has 106 valence electrons. The minimum atomic E-state index is -3.18. The number of benzene rings is 1. The Morgan fingerprint density at radius 3 is 2.89 bits per heavy atom. The van der Waals surface area contributed by atoms with E-state index in [0.717, 1.165) is 5.75 Å². The van der Waals surface area contributed by atoms with Gasteiger partial charge in [-0.2, -0.15) is 11.8 Å². The highest BCUT2D eigenvalue weighted by atomic mass is 35.5. The second-order valence-electron chi connectivity index (χ2n) is 4.48. The average Bonchev–Trinajstić information content (AvgIpc) is 2.37. The minimum absolute atomic E-state index is 0.132. The van der Waals surface area contributed by atoms with Crippen LogP contribution in [0, 0.1) is 0 Å². The van der Waals surface area contributed by atoms with Gasteiger partial charge < -0.3 is 10.0 Å². The maximum atomic E-state index is 11.9. The first kappa shape index (κ1) is 15.0. The van der Waals surface area contributed by atoms with Gasteiger partial charge in [-0.3, -0.25) is 0 Å². The molecule has 7 heteroatoms. The van der Waals surface area contributed by atoms with Crippen molar-refractivity contribution in [2.45, 2.75) is 12.0 Å². The van der Waals surface area contributed by atoms with Gasteiger partial charge in [-0.15, -0.1) is 0 Å². The van der Waals surface area contributed by atoms with Crippen LogP contribution >= 0.6 is 23.4 Å². The van der Waals surface area contributed by atoms with Crippen LogP contribution in [0.15, 0.2) is 18.2 Å². The molecule has 0 aromatic heterocycles. The lowest BCUT2D eigenvalue weighted by atomic mass is 10.1. The number of aliphatic hydroxyl groups is 1. The predicted octanol–water partition coefficient (Wildman–Crippen LogP) is 1.76. The number of halogens is 1. The fourth-order valence-corrected chi connectivity index (χ4v) is 5.15. The zero-order valence-corrected chi connectivity index (χ0v) is 12.9. The Labute approximate surface area is 122 Å². The third-order valence-corrected chi connectivity index (χ3v) is 5.98. The van der Waals surface area contributed by atoms with E-state index in [4.69, 9.17) is 11.6 Å². The molecule has 0 amide bonds. The molecule has 1 fully saturated rings. The van der Waals surface area contributed by atoms with Crippen molar-refractivity contribution in [3.8, 4) is 0 Å². The van der Waals surface area contributed by atoms with Crippen LogP contribution in [0.2, 0.25) is 5.02 Å². The van der Waals surface area contributed by atoms with Crippen LogP contribution in [-0.2, 0) is 16.4 Å². The van der Waals surface area contributed by atoms with Gasteiger partial charge in [-0.25, -0.2) is 8.42 Å². The van der Waals surface area contributed by atoms with Crippen molar-refractivity contribution < 1.29 is 13.5 Å². The maximum Gasteiger partial charge on any atom is 0.169 e. The third kappa shape index (κ3) is 3.37. The number of rotatable bonds is 3. The van der Waals surface area contributed by atoms with Crippen molar-refractivity contribution in [1.29, 1.82) is 0 Å². The summed E-state index contributed by atoms with van der Waals surface area (Å²) in [7, 11) is -3.18. The van der Waals surface area contributed by atoms with Gasteiger partial charge in [-0.05, 0) is 12.1 Å². The smallest absolute Gasteiger partial charge is 0.169 e. The van der Waals surface area contributed by atoms with Gasteiger partial charge in [0.25, 0.3) is 0 Å². The third-order valence-electron chi connectivity index (χ3n) is 3.11. The van der Waals surface area contributed by atoms with Crippen LogP contribution < -0.4 is 4.90 Å². The number of anilines is 1. The SMILES string of the molecule is CS(=O)(=O)C1CSCCN1c1cc(Cl)ccc1CO. The summed E-state index contributed by atoms with van der Waals surface area (Å²) in [5.74, 6) is 1.40. The number of nitrogens with zero attached hydrogens (tertiary/aromatic N) is 1. The molecule has 0 bridgehead atoms. The topological polar surface area (TPSA) is 57.6 Å². The second kappa shape index (κ2) is 5.91. The van der Waals surface area contributed by atoms with Gasteiger partial charge in [0.1, 0.15) is 5.37 Å². The van der Waals surface area contributed by atoms with Crippen LogP contribution in [-0.4, -0.2) is 43.2 Å². The Hall–Kier alpha value is -0.430. The van der Waals surface area contributed by atoms with E-state index in [1.54, 1.807) is 30.0 Å². The van der Waals surface area contributed by atoms with Crippen LogP contribution in [0.25, 0.3) is 0 Å². The van der Waals surface area contributed by atoms with Crippen LogP contribution in [0.4, 0.5) is 5.69 Å². The Balaban J connectivity index is 2.45. The average molecular weight is 322 g/mol. The molecule has 1 aromatic carbocycles. The lowest BCUT2D eigenvalue weighted by Gasteiger charge is -2.37. The quantitative estimate of drug-likeness (QED) is 0.919. The number of aliphatic hydroxyl groups excluding tert-OH is 1. The highest BCUT2D eigenvalue weighted by Crippen LogP contribution is 2.31. The molecule has 1 N–H and O–H groups in total. The van der Waals surface area contributed by atoms with Crippen LogP contribution in [0.1, 0.15) is 5.56 Å². The van der Waals surface area contributed by atoms with E-state index < -0.39 is 15.2 Å². The van der Waals surface area contributed by atoms with Gasteiger partial charge in [0.05, 0.1) is 6.61 Å². The summed E-state index contributed by atoms with van der Waals surface area (Å²) < 4.78 is 23.8. The van der Waals surface area contributed by atoms with Crippen molar-refractivity contribution in [2.75, 3.05) is 29.2 Å². The molecule has 1 aliphatic heterocycles. The van der Waals surface area contributed by atoms with Crippen molar-refractivity contribution in [3.05, 3.63) is 28.8 Å². The largest absolute Gasteiger partial charge is 0.392 e. The van der Waals surface area contributed by atoms with Crippen molar-refractivity contribution in [1.82, 2.24) is 0 Å². The summed E-state index contributed by atoms with van der Waals surface area (Å²) in [6, 6.07) is 5.16. The molecular weight excluding hydrogens is 306 g/mol. The van der Waals surface area contributed by atoms with E-state index in [1.165, 1.54) is 6.26 Å². The molecule has 2 rings (SSSR count). The molecule has 1 heterocycles. The molecule has 1 unspecified atom stereocenters. The highest BCUT2D eigenvalue weighted by molar-refractivity contribution is 8.01. The summed E-state index contributed by atoms with van der Waals surface area (Å²) in [4.78, 5) is 1.84. The first-order valence-electron chi connectivity index (χ1n) is 5.86. The molecule has 0 aliphatic carbocycles. The van der Waals surface area contributed by atoms with Gasteiger partial charge in [0.2, 0.25) is 0 Å². The first-order valence-corrected chi connectivity index (χ1v) is 9.34. The molecule has 1 aliphatic rings. The number of hydrogen-bond donors (Lipinski definition) is 1. The number of hydrogen-bond acceptors (Lipinski definition) is 5. The molecular formula is C12H16ClNO3S2. The first-order chi connectivity index (χ1) is 8.93. The summed E-state index contributed by atoms with van der Waals surface area (Å²) in [6.07, 6.45) is 1.25. The van der Waals surface area contributed by atoms with Crippen molar-refractivity contribution in [3.63, 3.8) is 0 Å². The van der Waals surface area contributed by atoms with Gasteiger partial charge in [-0.1, -0.05) is 17.7 Å². The van der Waals surface area contributed by atoms with Gasteiger partial charge >= 0.3 is 0 Å². The maximum absolute atomic E-state index is 11.9. The fraction of sp³-hybridized carbons (Fsp3) is 0.500. The molecule has 1 saturated heterocycles. The zero-order valence-electron chi connectivity index (χ0n) is 10.5. The van der Waals surface area contributed by atoms with Crippen LogP contribution in [0.3, 0.4) is 0 Å². The lowest BCUT2D eigenvalue weighted by molar-refractivity contribution is 0.282. The zero-order chi connectivity index (χ0) is 14.0. The van der Waals surface area contributed by atoms with Crippen molar-refractivity contribution >= 4 is 38.9 Å². The Kier molecular flexibility index (Phi) is 4.66. The second-order valence-corrected chi connectivity index (χ2v) is 8.27. The van der Waals surface area contributed by atoms with Crippen molar-refractivity contribution in [2.24, 2.45) is 0 Å². The molecule has 0 saturated carbocycles. The lowest BCUT2D eigenvalue weighted by Crippen LogP contribution is -2.47. The molecule has 0 radical (unpaired) electrons. The summed E-state index contributed by atoms with van der Waals surface area (Å²) in [6.45, 7) is 0.502. The van der Waals surface area contributed by atoms with Gasteiger partial charge in [0, 0.05) is 40.6 Å². The normalized spacial score (nSPS) is 20.6. The van der Waals surface area contributed by atoms with E-state index >= 15 is 0 Å². The monoisotopic (exact) mass is 321 g/mol. The molecule has 0 spiro atoms. The minimum Gasteiger partial charge on any atom is -0.392 e. The summed E-state index contributed by atoms with van der Waals surface area (Å²) >= 11 is 7.62. The Morgan fingerprint density at radius 2 is 2.26 bits per heavy atom. The van der Waals surface area contributed by atoms with E-state index in [1.807, 2.05) is 4.90 Å². The molecule has 1 aromatic rings. The van der Waals surface area contributed by atoms with E-state index in [2.05, 4.69) is 0 Å². The highest BCUT2D eigenvalue weighted by Gasteiger charge is 2.32. The summed E-state index contributed by atoms with van der Waals surface area (Å²) in [5, 5.41) is 9.38. The predicted molar refractivity (Wildman–Crippen MR) is 80.7 cm³/mol. The standard InChI is InChI=1S/C12H16ClNO3S2/c1-19(16,17)12-8-18-5-4-14(12)11-6-10(13)3-2-9(11)7-15/h2-3,6,12,15H,4-5,7-8H2,1H3. The summed E-state index contributed by atoms with van der Waals surface area (Å²) in [5.41, 5.74) is 1.41. The fourth-order valence-electron chi connectivity index (χ4n) is 2.15. The number of sulfone groups is 1. The molecule has 4 nitrogen and oxygen atoms in total. The Morgan fingerprint density at radius 1 is 1.53 bits per heavy atom. The Bertz CT molecular complexity index is 562. The molecule has 19 heavy (non-hydrogen) atoms. The van der Waals surface area contributed by atoms with E-state index in [-0.39, 0.29) is 6.61 Å². The molecule has 1 atom stereocenters. The van der Waals surface area contributed by atoms with Crippen LogP contribution in [0.5, 0.6) is 0 Å². The number of thioether (sulfide) groups is 1. The van der Waals surface area contributed by atoms with E-state index in [9.17, 15) is 13.5 Å².